The molecule has 3 aromatic heterocycles. The molecule has 1 aliphatic heterocycles. The first-order valence-electron chi connectivity index (χ1n) is 12.2. The number of benzene rings is 1. The molecule has 37 heavy (non-hydrogen) atoms. The number of nitrogens with zero attached hydrogens (tertiary/aromatic N) is 5. The van der Waals surface area contributed by atoms with E-state index in [0.29, 0.717) is 23.0 Å². The van der Waals surface area contributed by atoms with E-state index in [2.05, 4.69) is 34.0 Å². The van der Waals surface area contributed by atoms with E-state index in [1.54, 1.807) is 18.5 Å². The Morgan fingerprint density at radius 3 is 2.51 bits per heavy atom. The Bertz CT molecular complexity index is 1450. The smallest absolute Gasteiger partial charge is 0.247 e. The summed E-state index contributed by atoms with van der Waals surface area (Å²) in [4.78, 5) is 13.5. The van der Waals surface area contributed by atoms with Crippen LogP contribution in [0.5, 0.6) is 0 Å². The van der Waals surface area contributed by atoms with Crippen molar-refractivity contribution in [3.8, 4) is 22.8 Å². The average Bonchev–Trinajstić information content (AvgIpc) is 3.37. The van der Waals surface area contributed by atoms with Gasteiger partial charge in [0.05, 0.1) is 42.1 Å². The predicted octanol–water partition coefficient (Wildman–Crippen LogP) is 4.75. The molecule has 8 nitrogen and oxygen atoms in total. The second-order valence-electron chi connectivity index (χ2n) is 10.0. The molecule has 0 bridgehead atoms. The van der Waals surface area contributed by atoms with E-state index >= 15 is 0 Å². The predicted molar refractivity (Wildman–Crippen MR) is 128 cm³/mol. The zero-order valence-corrected chi connectivity index (χ0v) is 20.4. The molecule has 6 rings (SSSR count). The third kappa shape index (κ3) is 4.10. The molecular formula is C27H25F2N5O3. The Morgan fingerprint density at radius 1 is 1.03 bits per heavy atom. The maximum atomic E-state index is 14.5. The van der Waals surface area contributed by atoms with Gasteiger partial charge in [0.15, 0.2) is 5.60 Å². The molecule has 4 heterocycles. The highest BCUT2D eigenvalue weighted by Crippen LogP contribution is 2.44. The molecule has 1 fully saturated rings. The van der Waals surface area contributed by atoms with Crippen LogP contribution >= 0.6 is 0 Å². The van der Waals surface area contributed by atoms with Crippen LogP contribution in [0, 0.1) is 17.6 Å². The van der Waals surface area contributed by atoms with Crippen LogP contribution in [-0.2, 0) is 10.3 Å². The molecule has 2 aliphatic rings. The van der Waals surface area contributed by atoms with Crippen LogP contribution in [0.4, 0.5) is 8.78 Å². The highest BCUT2D eigenvalue weighted by atomic mass is 19.1. The zero-order chi connectivity index (χ0) is 25.7. The van der Waals surface area contributed by atoms with E-state index in [-0.39, 0.29) is 42.2 Å². The number of aromatic nitrogens is 5. The Morgan fingerprint density at radius 2 is 1.81 bits per heavy atom. The number of fused-ring (bicyclic) bond motifs is 1. The molecule has 2 atom stereocenters. The van der Waals surface area contributed by atoms with E-state index in [4.69, 9.17) is 14.1 Å². The third-order valence-corrected chi connectivity index (χ3v) is 7.26. The lowest BCUT2D eigenvalue weighted by Gasteiger charge is -2.34. The van der Waals surface area contributed by atoms with Gasteiger partial charge in [0, 0.05) is 12.1 Å². The normalized spacial score (nSPS) is 20.5. The summed E-state index contributed by atoms with van der Waals surface area (Å²) < 4.78 is 39.7. The summed E-state index contributed by atoms with van der Waals surface area (Å²) in [5.41, 5.74) is 1.98. The van der Waals surface area contributed by atoms with Gasteiger partial charge in [0.25, 0.3) is 0 Å². The van der Waals surface area contributed by atoms with Crippen molar-refractivity contribution in [3.05, 3.63) is 77.2 Å². The molecular weight excluding hydrogens is 480 g/mol. The lowest BCUT2D eigenvalue weighted by Crippen LogP contribution is -2.46. The maximum Gasteiger partial charge on any atom is 0.247 e. The number of oxazole rings is 1. The lowest BCUT2D eigenvalue weighted by molar-refractivity contribution is -0.186. The van der Waals surface area contributed by atoms with Crippen LogP contribution in [-0.4, -0.2) is 43.5 Å². The second kappa shape index (κ2) is 9.04. The summed E-state index contributed by atoms with van der Waals surface area (Å²) in [6.45, 7) is 4.58. The number of ether oxygens (including phenoxy) is 1. The van der Waals surface area contributed by atoms with Gasteiger partial charge in [-0.25, -0.2) is 18.7 Å². The second-order valence-corrected chi connectivity index (χ2v) is 10.0. The van der Waals surface area contributed by atoms with Crippen molar-refractivity contribution < 1.29 is 23.0 Å². The van der Waals surface area contributed by atoms with E-state index in [0.717, 1.165) is 24.1 Å². The van der Waals surface area contributed by atoms with E-state index in [1.807, 2.05) is 0 Å². The summed E-state index contributed by atoms with van der Waals surface area (Å²) in [5.74, 6) is -0.854. The first kappa shape index (κ1) is 23.7. The van der Waals surface area contributed by atoms with E-state index < -0.39 is 17.2 Å². The van der Waals surface area contributed by atoms with Gasteiger partial charge >= 0.3 is 0 Å². The van der Waals surface area contributed by atoms with E-state index in [1.165, 1.54) is 24.5 Å². The van der Waals surface area contributed by atoms with Gasteiger partial charge < -0.3 is 14.3 Å². The number of hydrogen-bond donors (Lipinski definition) is 1. The summed E-state index contributed by atoms with van der Waals surface area (Å²) in [5, 5.41) is 19.2. The summed E-state index contributed by atoms with van der Waals surface area (Å²) in [7, 11) is 0. The van der Waals surface area contributed by atoms with Gasteiger partial charge in [0.2, 0.25) is 5.89 Å². The molecule has 10 heteroatoms. The fraction of sp³-hybridized carbons (Fsp3) is 0.370. The molecule has 4 aromatic rings. The number of hydrogen-bond acceptors (Lipinski definition) is 8. The Kier molecular flexibility index (Phi) is 5.80. The highest BCUT2D eigenvalue weighted by molar-refractivity contribution is 5.62. The van der Waals surface area contributed by atoms with Crippen molar-refractivity contribution in [3.63, 3.8) is 0 Å². The monoisotopic (exact) mass is 505 g/mol. The first-order chi connectivity index (χ1) is 17.8. The van der Waals surface area contributed by atoms with Crippen LogP contribution in [0.15, 0.2) is 47.3 Å². The standard InChI is InChI=1S/C27H25F2N5O3/c1-14(2)15-6-7-16(25-17(15)8-20(33-34-25)24-18(28)4-3-5-19(24)29)21-9-30-10-22(31-21)26-32-23(11-37-26)27(35)12-36-13-27/h3-5,8-11,14-16,35H,6-7,12-13H2,1-2H3. The molecule has 0 saturated carbocycles. The summed E-state index contributed by atoms with van der Waals surface area (Å²) in [6.07, 6.45) is 6.25. The summed E-state index contributed by atoms with van der Waals surface area (Å²) >= 11 is 0. The van der Waals surface area contributed by atoms with Gasteiger partial charge in [0.1, 0.15) is 29.3 Å². The van der Waals surface area contributed by atoms with Crippen LogP contribution in [0.1, 0.15) is 61.2 Å². The van der Waals surface area contributed by atoms with E-state index in [9.17, 15) is 13.9 Å². The largest absolute Gasteiger partial charge is 0.443 e. The molecule has 1 saturated heterocycles. The maximum absolute atomic E-state index is 14.5. The fourth-order valence-corrected chi connectivity index (χ4v) is 5.17. The van der Waals surface area contributed by atoms with Gasteiger partial charge in [-0.05, 0) is 48.4 Å². The fourth-order valence-electron chi connectivity index (χ4n) is 5.17. The van der Waals surface area contributed by atoms with Gasteiger partial charge in [-0.2, -0.15) is 5.10 Å². The molecule has 1 aromatic carbocycles. The van der Waals surface area contributed by atoms with Gasteiger partial charge in [-0.3, -0.25) is 4.98 Å². The van der Waals surface area contributed by atoms with Crippen molar-refractivity contribution in [2.45, 2.75) is 44.1 Å². The Labute approximate surface area is 211 Å². The first-order valence-corrected chi connectivity index (χ1v) is 12.2. The molecule has 2 unspecified atom stereocenters. The Hall–Kier alpha value is -3.63. The van der Waals surface area contributed by atoms with Gasteiger partial charge in [-0.1, -0.05) is 19.9 Å². The summed E-state index contributed by atoms with van der Waals surface area (Å²) in [6, 6.07) is 5.53. The zero-order valence-electron chi connectivity index (χ0n) is 20.4. The SMILES string of the molecule is CC(C)C1CCC(c2cncc(-c3nc(C4(O)COC4)co3)n2)c2nnc(-c3c(F)cccc3F)cc21. The molecule has 0 amide bonds. The minimum absolute atomic E-state index is 0.159. The average molecular weight is 506 g/mol. The molecule has 0 radical (unpaired) electrons. The lowest BCUT2D eigenvalue weighted by atomic mass is 9.74. The number of halogens is 2. The number of aliphatic hydroxyl groups is 1. The van der Waals surface area contributed by atoms with Crippen molar-refractivity contribution in [1.29, 1.82) is 0 Å². The van der Waals surface area contributed by atoms with Crippen LogP contribution in [0.2, 0.25) is 0 Å². The van der Waals surface area contributed by atoms with Crippen LogP contribution < -0.4 is 0 Å². The van der Waals surface area contributed by atoms with Gasteiger partial charge in [-0.15, -0.1) is 5.10 Å². The van der Waals surface area contributed by atoms with Crippen LogP contribution in [0.3, 0.4) is 0 Å². The molecule has 1 N–H and O–H groups in total. The van der Waals surface area contributed by atoms with Crippen LogP contribution in [0.25, 0.3) is 22.8 Å². The topological polar surface area (TPSA) is 107 Å². The quantitative estimate of drug-likeness (QED) is 0.414. The minimum atomic E-state index is -1.15. The van der Waals surface area contributed by atoms with Crippen molar-refractivity contribution in [2.75, 3.05) is 13.2 Å². The van der Waals surface area contributed by atoms with Crippen molar-refractivity contribution in [2.24, 2.45) is 5.92 Å². The third-order valence-electron chi connectivity index (χ3n) is 7.26. The highest BCUT2D eigenvalue weighted by Gasteiger charge is 2.41. The Balaban J connectivity index is 1.38. The number of rotatable bonds is 5. The van der Waals surface area contributed by atoms with Crippen molar-refractivity contribution >= 4 is 0 Å². The minimum Gasteiger partial charge on any atom is -0.443 e. The molecule has 190 valence electrons. The molecule has 0 spiro atoms. The molecule has 1 aliphatic carbocycles. The van der Waals surface area contributed by atoms with Crippen molar-refractivity contribution in [1.82, 2.24) is 25.1 Å².